The lowest BCUT2D eigenvalue weighted by molar-refractivity contribution is 0.326. The van der Waals surface area contributed by atoms with E-state index in [2.05, 4.69) is 25.1 Å². The number of nitrogens with zero attached hydrogens (tertiary/aromatic N) is 7. The van der Waals surface area contributed by atoms with Crippen molar-refractivity contribution in [2.45, 2.75) is 117 Å². The maximum absolute atomic E-state index is 14.1. The molecule has 6 rings (SSSR count). The lowest BCUT2D eigenvalue weighted by atomic mass is 9.96. The van der Waals surface area contributed by atoms with Gasteiger partial charge < -0.3 is 0 Å². The van der Waals surface area contributed by atoms with Gasteiger partial charge in [-0.05, 0) is 17.2 Å². The van der Waals surface area contributed by atoms with Gasteiger partial charge in [-0.2, -0.15) is 10.2 Å². The molecule has 9 heteroatoms. The molecule has 4 atom stereocenters. The van der Waals surface area contributed by atoms with E-state index in [1.54, 1.807) is 21.8 Å². The zero-order valence-corrected chi connectivity index (χ0v) is 26.8. The summed E-state index contributed by atoms with van der Waals surface area (Å²) in [5.74, 6) is 2.32. The molecule has 7 nitrogen and oxygen atoms in total. The van der Waals surface area contributed by atoms with Crippen LogP contribution in [0, 0.1) is 0 Å². The lowest BCUT2D eigenvalue weighted by Gasteiger charge is -2.15. The van der Waals surface area contributed by atoms with Gasteiger partial charge in [0.2, 0.25) is 0 Å². The highest BCUT2D eigenvalue weighted by Crippen LogP contribution is 2.41. The Balaban J connectivity index is 0.000000206. The molecule has 2 aliphatic rings. The van der Waals surface area contributed by atoms with Gasteiger partial charge in [-0.15, -0.1) is 0 Å². The van der Waals surface area contributed by atoms with Gasteiger partial charge >= 0.3 is 0 Å². The lowest BCUT2D eigenvalue weighted by Crippen LogP contribution is -2.16. The number of alkyl halides is 2. The second-order valence-corrected chi connectivity index (χ2v) is 12.1. The van der Waals surface area contributed by atoms with Crippen molar-refractivity contribution in [3.05, 3.63) is 89.3 Å². The average Bonchev–Trinajstić information content (AvgIpc) is 3.75. The summed E-state index contributed by atoms with van der Waals surface area (Å²) in [5.41, 5.74) is 1.75. The Morgan fingerprint density at radius 3 is 1.48 bits per heavy atom. The molecule has 1 aromatic carbocycles. The van der Waals surface area contributed by atoms with Crippen LogP contribution >= 0.6 is 0 Å². The summed E-state index contributed by atoms with van der Waals surface area (Å²) in [4.78, 5) is 12.9. The number of benzene rings is 1. The van der Waals surface area contributed by atoms with Crippen LogP contribution in [0.3, 0.4) is 0 Å². The van der Waals surface area contributed by atoms with E-state index in [0.717, 1.165) is 11.1 Å². The van der Waals surface area contributed by atoms with Crippen LogP contribution in [0.5, 0.6) is 0 Å². The van der Waals surface area contributed by atoms with Gasteiger partial charge in [-0.25, -0.2) is 28.1 Å². The molecule has 0 saturated heterocycles. The molecule has 5 heterocycles. The molecule has 3 aromatic heterocycles. The second-order valence-electron chi connectivity index (χ2n) is 12.1. The molecule has 4 unspecified atom stereocenters. The minimum atomic E-state index is -1.05. The molecule has 0 saturated carbocycles. The number of halogens is 2. The minimum absolute atomic E-state index is 0.0326. The van der Waals surface area contributed by atoms with Crippen molar-refractivity contribution in [2.24, 2.45) is 0 Å². The fourth-order valence-corrected chi connectivity index (χ4v) is 4.80. The minimum Gasteiger partial charge on any atom is -0.264 e. The van der Waals surface area contributed by atoms with Gasteiger partial charge in [0.1, 0.15) is 0 Å². The largest absolute Gasteiger partial charge is 0.264 e. The maximum atomic E-state index is 14.1. The fourth-order valence-electron chi connectivity index (χ4n) is 4.80. The van der Waals surface area contributed by atoms with Crippen LogP contribution in [0.25, 0.3) is 0 Å². The third-order valence-electron chi connectivity index (χ3n) is 6.92. The number of pyridine rings is 1. The monoisotopic (exact) mass is 579 g/mol. The Kier molecular flexibility index (Phi) is 10.7. The molecular formula is C33H47F2N7. The molecule has 0 radical (unpaired) electrons. The van der Waals surface area contributed by atoms with Crippen molar-refractivity contribution in [3.8, 4) is 0 Å². The van der Waals surface area contributed by atoms with Crippen molar-refractivity contribution < 1.29 is 8.78 Å². The predicted molar refractivity (Wildman–Crippen MR) is 164 cm³/mol. The number of fused-ring (bicyclic) bond motifs is 2. The number of hydrogen-bond donors (Lipinski definition) is 0. The van der Waals surface area contributed by atoms with Crippen LogP contribution in [0.15, 0.2) is 54.9 Å². The summed E-state index contributed by atoms with van der Waals surface area (Å²) in [5, 5.41) is 9.04. The van der Waals surface area contributed by atoms with Gasteiger partial charge in [0.25, 0.3) is 0 Å². The van der Waals surface area contributed by atoms with E-state index < -0.39 is 12.3 Å². The van der Waals surface area contributed by atoms with Gasteiger partial charge in [-0.3, -0.25) is 4.98 Å². The van der Waals surface area contributed by atoms with Crippen molar-refractivity contribution in [1.29, 1.82) is 0 Å². The molecule has 2 aliphatic heterocycles. The zero-order chi connectivity index (χ0) is 31.2. The second kappa shape index (κ2) is 13.7. The molecular weight excluding hydrogens is 532 g/mol. The van der Waals surface area contributed by atoms with Gasteiger partial charge in [0, 0.05) is 36.1 Å². The van der Waals surface area contributed by atoms with E-state index in [1.165, 1.54) is 0 Å². The van der Waals surface area contributed by atoms with Gasteiger partial charge in [-0.1, -0.05) is 106 Å². The van der Waals surface area contributed by atoms with Crippen LogP contribution in [0.2, 0.25) is 0 Å². The molecule has 0 N–H and O–H groups in total. The Morgan fingerprint density at radius 1 is 0.643 bits per heavy atom. The van der Waals surface area contributed by atoms with Crippen LogP contribution in [0.1, 0.15) is 141 Å². The first-order chi connectivity index (χ1) is 19.9. The van der Waals surface area contributed by atoms with E-state index in [4.69, 9.17) is 0 Å². The predicted octanol–water partition coefficient (Wildman–Crippen LogP) is 8.61. The van der Waals surface area contributed by atoms with E-state index in [9.17, 15) is 8.78 Å². The number of hydrogen-bond acceptors (Lipinski definition) is 5. The van der Waals surface area contributed by atoms with Gasteiger partial charge in [0.05, 0.1) is 12.1 Å². The SMILES string of the molecule is CC.CC.CC(C)(C)c1nc2n(n1)C(c1ccccc1)CC2F.CC(C)(C)c1nc2n(n1)C(c1cccnc1)CC2F. The molecule has 4 aromatic rings. The topological polar surface area (TPSA) is 74.3 Å². The van der Waals surface area contributed by atoms with E-state index in [0.29, 0.717) is 36.1 Å². The normalized spacial score (nSPS) is 20.7. The first kappa shape index (κ1) is 33.0. The Labute approximate surface area is 249 Å². The molecule has 42 heavy (non-hydrogen) atoms. The summed E-state index contributed by atoms with van der Waals surface area (Å²) < 4.78 is 31.7. The van der Waals surface area contributed by atoms with Crippen molar-refractivity contribution in [3.63, 3.8) is 0 Å². The van der Waals surface area contributed by atoms with Crippen LogP contribution in [-0.2, 0) is 10.8 Å². The smallest absolute Gasteiger partial charge is 0.162 e. The van der Waals surface area contributed by atoms with Crippen LogP contribution < -0.4 is 0 Å². The van der Waals surface area contributed by atoms with Crippen molar-refractivity contribution in [2.75, 3.05) is 0 Å². The first-order valence-corrected chi connectivity index (χ1v) is 15.1. The summed E-state index contributed by atoms with van der Waals surface area (Å²) in [6.45, 7) is 20.2. The molecule has 0 spiro atoms. The quantitative estimate of drug-likeness (QED) is 0.238. The summed E-state index contributed by atoms with van der Waals surface area (Å²) in [6.07, 6.45) is 2.25. The Hall–Kier alpha value is -3.49. The number of aromatic nitrogens is 7. The van der Waals surface area contributed by atoms with E-state index >= 15 is 0 Å². The highest BCUT2D eigenvalue weighted by atomic mass is 19.1. The zero-order valence-electron chi connectivity index (χ0n) is 26.8. The highest BCUT2D eigenvalue weighted by Gasteiger charge is 2.38. The third kappa shape index (κ3) is 7.10. The van der Waals surface area contributed by atoms with Gasteiger partial charge in [0.15, 0.2) is 35.6 Å². The molecule has 0 amide bonds. The van der Waals surface area contributed by atoms with E-state index in [-0.39, 0.29) is 22.9 Å². The van der Waals surface area contributed by atoms with Crippen molar-refractivity contribution >= 4 is 0 Å². The summed E-state index contributed by atoms with van der Waals surface area (Å²) >= 11 is 0. The number of rotatable bonds is 2. The maximum Gasteiger partial charge on any atom is 0.162 e. The fraction of sp³-hybridized carbons (Fsp3) is 0.545. The third-order valence-corrected chi connectivity index (χ3v) is 6.92. The van der Waals surface area contributed by atoms with Crippen molar-refractivity contribution in [1.82, 2.24) is 34.5 Å². The highest BCUT2D eigenvalue weighted by molar-refractivity contribution is 5.24. The summed E-state index contributed by atoms with van der Waals surface area (Å²) in [7, 11) is 0. The van der Waals surface area contributed by atoms with Crippen LogP contribution in [0.4, 0.5) is 8.78 Å². The average molecular weight is 580 g/mol. The molecule has 0 aliphatic carbocycles. The standard InChI is InChI=1S/C15H18FN3.C14H17FN4.2C2H6/c1-15(2,3)14-17-13-11(16)9-12(19(13)18-14)10-7-5-4-6-8-10;1-14(2,3)13-17-12-10(15)7-11(19(12)18-13)9-5-4-6-16-8-9;2*1-2/h4-8,11-12H,9H2,1-3H3;4-6,8,10-11H,7H2,1-3H3;2*1-2H3. The Morgan fingerprint density at radius 2 is 1.07 bits per heavy atom. The van der Waals surface area contributed by atoms with E-state index in [1.807, 2.05) is 112 Å². The first-order valence-electron chi connectivity index (χ1n) is 15.1. The molecule has 0 fully saturated rings. The molecule has 228 valence electrons. The molecule has 0 bridgehead atoms. The summed E-state index contributed by atoms with van der Waals surface area (Å²) in [6, 6.07) is 13.6. The van der Waals surface area contributed by atoms with Crippen LogP contribution in [-0.4, -0.2) is 34.5 Å². The Bertz CT molecular complexity index is 1280.